The lowest BCUT2D eigenvalue weighted by atomic mass is 10.2. The Morgan fingerprint density at radius 2 is 1.96 bits per heavy atom. The number of halogens is 2. The van der Waals surface area contributed by atoms with E-state index >= 15 is 0 Å². The molecule has 0 bridgehead atoms. The van der Waals surface area contributed by atoms with Crippen molar-refractivity contribution < 1.29 is 9.72 Å². The second kappa shape index (κ2) is 7.49. The summed E-state index contributed by atoms with van der Waals surface area (Å²) in [7, 11) is 0. The number of rotatable bonds is 3. The molecule has 118 valence electrons. The summed E-state index contributed by atoms with van der Waals surface area (Å²) in [5.41, 5.74) is 0.286. The quantitative estimate of drug-likeness (QED) is 0.448. The Kier molecular flexibility index (Phi) is 5.64. The van der Waals surface area contributed by atoms with Gasteiger partial charge in [-0.1, -0.05) is 23.7 Å². The molecule has 0 aliphatic carbocycles. The zero-order chi connectivity index (χ0) is 17.0. The van der Waals surface area contributed by atoms with E-state index in [1.807, 2.05) is 0 Å². The van der Waals surface area contributed by atoms with Crippen LogP contribution >= 0.6 is 39.7 Å². The van der Waals surface area contributed by atoms with Gasteiger partial charge in [0.25, 0.3) is 11.6 Å². The van der Waals surface area contributed by atoms with E-state index in [9.17, 15) is 14.9 Å². The monoisotopic (exact) mass is 413 g/mol. The largest absolute Gasteiger partial charge is 0.327 e. The van der Waals surface area contributed by atoms with E-state index in [1.165, 1.54) is 18.2 Å². The third-order valence-corrected chi connectivity index (χ3v) is 3.88. The molecular weight excluding hydrogens is 406 g/mol. The van der Waals surface area contributed by atoms with E-state index < -0.39 is 10.8 Å². The van der Waals surface area contributed by atoms with Gasteiger partial charge in [-0.05, 0) is 52.4 Å². The van der Waals surface area contributed by atoms with E-state index in [4.69, 9.17) is 23.8 Å². The van der Waals surface area contributed by atoms with Gasteiger partial charge in [0.1, 0.15) is 5.69 Å². The maximum Gasteiger partial charge on any atom is 0.294 e. The molecule has 0 saturated heterocycles. The smallest absolute Gasteiger partial charge is 0.294 e. The topological polar surface area (TPSA) is 84.3 Å². The highest BCUT2D eigenvalue weighted by Gasteiger charge is 2.17. The predicted octanol–water partition coefficient (Wildman–Crippen LogP) is 4.14. The summed E-state index contributed by atoms with van der Waals surface area (Å²) in [5, 5.41) is 16.3. The van der Waals surface area contributed by atoms with Crippen LogP contribution in [0.2, 0.25) is 5.02 Å². The van der Waals surface area contributed by atoms with E-state index in [-0.39, 0.29) is 21.5 Å². The third-order valence-electron chi connectivity index (χ3n) is 2.75. The number of nitrogens with one attached hydrogen (secondary N) is 2. The Bertz CT molecular complexity index is 801. The van der Waals surface area contributed by atoms with Gasteiger partial charge < -0.3 is 5.32 Å². The number of nitro benzene ring substituents is 1. The number of thiocarbonyl (C=S) groups is 1. The highest BCUT2D eigenvalue weighted by Crippen LogP contribution is 2.27. The molecular formula is C14H9BrClN3O3S. The summed E-state index contributed by atoms with van der Waals surface area (Å²) < 4.78 is 0.609. The first-order chi connectivity index (χ1) is 10.9. The number of amides is 1. The van der Waals surface area contributed by atoms with Crippen molar-refractivity contribution in [1.29, 1.82) is 0 Å². The van der Waals surface area contributed by atoms with Crippen molar-refractivity contribution in [2.24, 2.45) is 0 Å². The SMILES string of the molecule is O=C(NC(=S)Nc1ccc(Cl)cc1[N+](=O)[O-])c1ccccc1Br. The van der Waals surface area contributed by atoms with Crippen molar-refractivity contribution in [3.05, 3.63) is 67.6 Å². The fourth-order valence-electron chi connectivity index (χ4n) is 1.73. The number of benzene rings is 2. The van der Waals surface area contributed by atoms with Crippen molar-refractivity contribution >= 4 is 62.1 Å². The highest BCUT2D eigenvalue weighted by molar-refractivity contribution is 9.10. The number of nitro groups is 1. The molecule has 2 rings (SSSR count). The van der Waals surface area contributed by atoms with Crippen LogP contribution in [0.5, 0.6) is 0 Å². The summed E-state index contributed by atoms with van der Waals surface area (Å²) >= 11 is 14.0. The maximum absolute atomic E-state index is 12.1. The van der Waals surface area contributed by atoms with Gasteiger partial charge >= 0.3 is 0 Å². The van der Waals surface area contributed by atoms with Crippen molar-refractivity contribution in [3.8, 4) is 0 Å². The zero-order valence-corrected chi connectivity index (χ0v) is 14.5. The van der Waals surface area contributed by atoms with Crippen molar-refractivity contribution in [1.82, 2.24) is 5.32 Å². The molecule has 0 atom stereocenters. The molecule has 23 heavy (non-hydrogen) atoms. The lowest BCUT2D eigenvalue weighted by molar-refractivity contribution is -0.383. The molecule has 0 fully saturated rings. The fourth-order valence-corrected chi connectivity index (χ4v) is 2.56. The van der Waals surface area contributed by atoms with E-state index in [0.29, 0.717) is 10.0 Å². The van der Waals surface area contributed by atoms with Crippen LogP contribution in [0.25, 0.3) is 0 Å². The van der Waals surface area contributed by atoms with Crippen LogP contribution < -0.4 is 10.6 Å². The van der Waals surface area contributed by atoms with Gasteiger partial charge in [0, 0.05) is 15.6 Å². The first-order valence-corrected chi connectivity index (χ1v) is 7.77. The first kappa shape index (κ1) is 17.3. The van der Waals surface area contributed by atoms with Crippen LogP contribution in [-0.4, -0.2) is 15.9 Å². The predicted molar refractivity (Wildman–Crippen MR) is 95.9 cm³/mol. The van der Waals surface area contributed by atoms with Crippen molar-refractivity contribution in [2.45, 2.75) is 0 Å². The number of nitrogens with zero attached hydrogens (tertiary/aromatic N) is 1. The summed E-state index contributed by atoms with van der Waals surface area (Å²) in [6.07, 6.45) is 0. The Hall–Kier alpha value is -2.03. The van der Waals surface area contributed by atoms with Crippen LogP contribution in [0.1, 0.15) is 10.4 Å². The Morgan fingerprint density at radius 3 is 2.61 bits per heavy atom. The summed E-state index contributed by atoms with van der Waals surface area (Å²) in [6, 6.07) is 10.9. The molecule has 6 nitrogen and oxygen atoms in total. The van der Waals surface area contributed by atoms with Crippen LogP contribution in [0.4, 0.5) is 11.4 Å². The standard InChI is InChI=1S/C14H9BrClN3O3S/c15-10-4-2-1-3-9(10)13(20)18-14(23)17-11-6-5-8(16)7-12(11)19(21)22/h1-7H,(H2,17,18,20,23). The minimum Gasteiger partial charge on any atom is -0.327 e. The molecule has 9 heteroatoms. The maximum atomic E-state index is 12.1. The van der Waals surface area contributed by atoms with Crippen LogP contribution in [0.3, 0.4) is 0 Å². The molecule has 2 N–H and O–H groups in total. The molecule has 0 heterocycles. The van der Waals surface area contributed by atoms with Gasteiger partial charge in [-0.2, -0.15) is 0 Å². The summed E-state index contributed by atoms with van der Waals surface area (Å²) in [5.74, 6) is -0.438. The lowest BCUT2D eigenvalue weighted by Gasteiger charge is -2.10. The normalized spacial score (nSPS) is 10.0. The minimum absolute atomic E-state index is 0.0591. The average Bonchev–Trinajstić information content (AvgIpc) is 2.49. The number of carbonyl (C=O) groups is 1. The average molecular weight is 415 g/mol. The molecule has 0 unspecified atom stereocenters. The minimum atomic E-state index is -0.591. The fraction of sp³-hybridized carbons (Fsp3) is 0. The molecule has 0 radical (unpaired) electrons. The third kappa shape index (κ3) is 4.47. The molecule has 1 amide bonds. The van der Waals surface area contributed by atoms with Crippen LogP contribution in [-0.2, 0) is 0 Å². The lowest BCUT2D eigenvalue weighted by Crippen LogP contribution is -2.34. The van der Waals surface area contributed by atoms with Gasteiger partial charge in [0.2, 0.25) is 0 Å². The van der Waals surface area contributed by atoms with Crippen molar-refractivity contribution in [2.75, 3.05) is 5.32 Å². The summed E-state index contributed by atoms with van der Waals surface area (Å²) in [6.45, 7) is 0. The van der Waals surface area contributed by atoms with Gasteiger partial charge in [-0.3, -0.25) is 20.2 Å². The van der Waals surface area contributed by atoms with Crippen molar-refractivity contribution in [3.63, 3.8) is 0 Å². The Morgan fingerprint density at radius 1 is 1.26 bits per heavy atom. The molecule has 0 saturated carbocycles. The number of hydrogen-bond acceptors (Lipinski definition) is 4. The molecule has 0 spiro atoms. The second-order valence-electron chi connectivity index (χ2n) is 4.31. The second-order valence-corrected chi connectivity index (χ2v) is 6.01. The highest BCUT2D eigenvalue weighted by atomic mass is 79.9. The van der Waals surface area contributed by atoms with Crippen LogP contribution in [0, 0.1) is 10.1 Å². The van der Waals surface area contributed by atoms with E-state index in [0.717, 1.165) is 0 Å². The molecule has 0 aliphatic heterocycles. The number of anilines is 1. The van der Waals surface area contributed by atoms with Gasteiger partial charge in [0.05, 0.1) is 10.5 Å². The van der Waals surface area contributed by atoms with Gasteiger partial charge in [-0.25, -0.2) is 0 Å². The first-order valence-electron chi connectivity index (χ1n) is 6.19. The molecule has 2 aromatic carbocycles. The molecule has 0 aromatic heterocycles. The molecule has 0 aliphatic rings. The zero-order valence-electron chi connectivity index (χ0n) is 11.4. The van der Waals surface area contributed by atoms with E-state index in [2.05, 4.69) is 26.6 Å². The van der Waals surface area contributed by atoms with E-state index in [1.54, 1.807) is 24.3 Å². The number of carbonyl (C=O) groups excluding carboxylic acids is 1. The Balaban J connectivity index is 2.13. The van der Waals surface area contributed by atoms with Gasteiger partial charge in [0.15, 0.2) is 5.11 Å². The molecule has 2 aromatic rings. The summed E-state index contributed by atoms with van der Waals surface area (Å²) in [4.78, 5) is 22.5. The number of hydrogen-bond donors (Lipinski definition) is 2. The Labute approximate surface area is 150 Å². The van der Waals surface area contributed by atoms with Crippen LogP contribution in [0.15, 0.2) is 46.9 Å². The van der Waals surface area contributed by atoms with Gasteiger partial charge in [-0.15, -0.1) is 0 Å².